The van der Waals surface area contributed by atoms with Gasteiger partial charge in [-0.05, 0) is 41.5 Å². The molecular weight excluding hydrogens is 594 g/mol. The molecule has 0 saturated carbocycles. The van der Waals surface area contributed by atoms with Crippen molar-refractivity contribution in [1.29, 1.82) is 5.41 Å². The van der Waals surface area contributed by atoms with Crippen LogP contribution in [0.3, 0.4) is 0 Å². The molecule has 11 nitrogen and oxygen atoms in total. The van der Waals surface area contributed by atoms with E-state index in [-0.39, 0.29) is 24.0 Å². The fourth-order valence-corrected chi connectivity index (χ4v) is 2.71. The molecular formula is C26H22F6N4O7. The van der Waals surface area contributed by atoms with Gasteiger partial charge in [-0.15, -0.1) is 0 Å². The Morgan fingerprint density at radius 2 is 1.30 bits per heavy atom. The average molecular weight is 616 g/mol. The molecule has 0 unspecified atom stereocenters. The minimum Gasteiger partial charge on any atom is -0.619 e. The number of carbonyl (C=O) groups excluding carboxylic acids is 1. The van der Waals surface area contributed by atoms with E-state index in [1.165, 1.54) is 18.5 Å². The Bertz CT molecular complexity index is 1430. The smallest absolute Gasteiger partial charge is 0.490 e. The quantitative estimate of drug-likeness (QED) is 0.0791. The molecule has 0 aliphatic carbocycles. The summed E-state index contributed by atoms with van der Waals surface area (Å²) in [5.41, 5.74) is 8.78. The van der Waals surface area contributed by atoms with Crippen LogP contribution >= 0.6 is 0 Å². The first kappa shape index (κ1) is 35.4. The van der Waals surface area contributed by atoms with Gasteiger partial charge in [0.15, 0.2) is 12.4 Å². The molecule has 2 aromatic carbocycles. The number of benzene rings is 2. The molecule has 1 heterocycles. The first-order valence-electron chi connectivity index (χ1n) is 11.3. The number of aliphatic carboxylic acids is 2. The molecule has 0 atom stereocenters. The van der Waals surface area contributed by atoms with E-state index in [9.17, 15) is 41.5 Å². The first-order valence-corrected chi connectivity index (χ1v) is 11.3. The van der Waals surface area contributed by atoms with Gasteiger partial charge in [-0.2, -0.15) is 31.1 Å². The van der Waals surface area contributed by atoms with E-state index in [0.717, 1.165) is 15.9 Å². The number of phenolic OH excluding ortho intramolecular Hbond substituents is 1. The van der Waals surface area contributed by atoms with Gasteiger partial charge in [-0.3, -0.25) is 10.2 Å². The minimum absolute atomic E-state index is 0.0663. The number of nitrogens with zero attached hydrogens (tertiary/aromatic N) is 1. The highest BCUT2D eigenvalue weighted by molar-refractivity contribution is 5.96. The van der Waals surface area contributed by atoms with Crippen molar-refractivity contribution in [2.75, 3.05) is 6.54 Å². The second kappa shape index (κ2) is 15.4. The summed E-state index contributed by atoms with van der Waals surface area (Å²) >= 11 is 0. The number of carbonyl (C=O) groups is 3. The topological polar surface area (TPSA) is 201 Å². The lowest BCUT2D eigenvalue weighted by Crippen LogP contribution is -2.23. The summed E-state index contributed by atoms with van der Waals surface area (Å²) in [5, 5.41) is 45.4. The third kappa shape index (κ3) is 12.6. The van der Waals surface area contributed by atoms with Gasteiger partial charge in [-0.25, -0.2) is 9.59 Å². The molecule has 7 N–H and O–H groups in total. The zero-order valence-electron chi connectivity index (χ0n) is 21.5. The first-order chi connectivity index (χ1) is 19.8. The van der Waals surface area contributed by atoms with Crippen LogP contribution in [0.5, 0.6) is 5.75 Å². The largest absolute Gasteiger partial charge is 0.619 e. The molecule has 0 spiro atoms. The third-order valence-electron chi connectivity index (χ3n) is 4.78. The van der Waals surface area contributed by atoms with Crippen LogP contribution in [0.2, 0.25) is 0 Å². The zero-order chi connectivity index (χ0) is 33.0. The number of halogens is 6. The molecule has 0 bridgehead atoms. The molecule has 0 radical (unpaired) electrons. The number of carboxylic acids is 2. The number of nitrogens with two attached hydrogens (primary N) is 1. The lowest BCUT2D eigenvalue weighted by atomic mass is 10.0. The Kier molecular flexibility index (Phi) is 12.7. The predicted molar refractivity (Wildman–Crippen MR) is 139 cm³/mol. The number of amidine groups is 1. The number of hydrogen-bond donors (Lipinski definition) is 6. The van der Waals surface area contributed by atoms with E-state index in [0.29, 0.717) is 16.7 Å². The molecule has 0 saturated heterocycles. The van der Waals surface area contributed by atoms with Gasteiger partial charge in [-0.1, -0.05) is 24.3 Å². The standard InChI is InChI=1S/C22H20N4O3.2C2HF3O2/c23-21(24)19-7-8-20(27)18(14-19)2-1-11-25-22(28)17-5-3-15(4-6-17)16-9-12-26(29)13-10-16;2*3-2(4,5)1(6)7/h1-10,12-14,27H,11H2,(H3,23,24)(H,25,28);2*(H,6,7)/b2-1+;;. The number of phenols is 1. The molecule has 43 heavy (non-hydrogen) atoms. The van der Waals surface area contributed by atoms with Crippen LogP contribution in [-0.2, 0) is 9.59 Å². The number of nitrogens with one attached hydrogen (secondary N) is 2. The third-order valence-corrected chi connectivity index (χ3v) is 4.78. The fraction of sp³-hybridized carbons (Fsp3) is 0.115. The van der Waals surface area contributed by atoms with Gasteiger partial charge in [0, 0.05) is 35.4 Å². The molecule has 1 amide bonds. The maximum atomic E-state index is 12.3. The van der Waals surface area contributed by atoms with Crippen molar-refractivity contribution in [3.8, 4) is 16.9 Å². The maximum Gasteiger partial charge on any atom is 0.490 e. The zero-order valence-corrected chi connectivity index (χ0v) is 21.5. The number of aromatic nitrogens is 1. The van der Waals surface area contributed by atoms with E-state index < -0.39 is 24.3 Å². The summed E-state index contributed by atoms with van der Waals surface area (Å²) in [6, 6.07) is 15.1. The molecule has 0 aliphatic rings. The Morgan fingerprint density at radius 3 is 1.74 bits per heavy atom. The van der Waals surface area contributed by atoms with Crippen molar-refractivity contribution in [3.63, 3.8) is 0 Å². The monoisotopic (exact) mass is 616 g/mol. The van der Waals surface area contributed by atoms with Gasteiger partial charge >= 0.3 is 24.3 Å². The number of alkyl halides is 6. The molecule has 0 aliphatic heterocycles. The normalized spacial score (nSPS) is 10.9. The molecule has 1 aromatic heterocycles. The lowest BCUT2D eigenvalue weighted by Gasteiger charge is -2.06. The van der Waals surface area contributed by atoms with Crippen molar-refractivity contribution < 1.29 is 60.8 Å². The molecule has 3 rings (SSSR count). The van der Waals surface area contributed by atoms with Gasteiger partial charge < -0.3 is 31.6 Å². The second-order valence-electron chi connectivity index (χ2n) is 7.93. The van der Waals surface area contributed by atoms with Gasteiger partial charge in [0.1, 0.15) is 11.6 Å². The van der Waals surface area contributed by atoms with Gasteiger partial charge in [0.05, 0.1) is 0 Å². The summed E-state index contributed by atoms with van der Waals surface area (Å²) in [6.07, 6.45) is -3.96. The Morgan fingerprint density at radius 1 is 0.860 bits per heavy atom. The minimum atomic E-state index is -5.08. The van der Waals surface area contributed by atoms with E-state index in [1.54, 1.807) is 48.6 Å². The highest BCUT2D eigenvalue weighted by Gasteiger charge is 2.38. The summed E-state index contributed by atoms with van der Waals surface area (Å²) in [6.45, 7) is 0.270. The Balaban J connectivity index is 0.000000548. The van der Waals surface area contributed by atoms with Crippen LogP contribution in [0, 0.1) is 10.6 Å². The number of amides is 1. The maximum absolute atomic E-state index is 12.3. The van der Waals surface area contributed by atoms with Crippen LogP contribution in [0.1, 0.15) is 21.5 Å². The summed E-state index contributed by atoms with van der Waals surface area (Å²) in [4.78, 5) is 30.1. The van der Waals surface area contributed by atoms with Crippen LogP contribution < -0.4 is 15.8 Å². The molecule has 17 heteroatoms. The lowest BCUT2D eigenvalue weighted by molar-refractivity contribution is -0.605. The number of aromatic hydroxyl groups is 1. The average Bonchev–Trinajstić information content (AvgIpc) is 2.92. The van der Waals surface area contributed by atoms with Crippen LogP contribution in [0.4, 0.5) is 26.3 Å². The number of rotatable bonds is 6. The number of carboxylic acid groups (broad SMARTS) is 2. The summed E-state index contributed by atoms with van der Waals surface area (Å²) in [5.74, 6) is -5.76. The highest BCUT2D eigenvalue weighted by atomic mass is 19.4. The van der Waals surface area contributed by atoms with Crippen molar-refractivity contribution in [3.05, 3.63) is 95.0 Å². The Hall–Kier alpha value is -5.61. The van der Waals surface area contributed by atoms with E-state index in [2.05, 4.69) is 5.32 Å². The van der Waals surface area contributed by atoms with Crippen molar-refractivity contribution in [2.45, 2.75) is 12.4 Å². The second-order valence-corrected chi connectivity index (χ2v) is 7.93. The number of hydrogen-bond acceptors (Lipinski definition) is 6. The number of pyridine rings is 1. The van der Waals surface area contributed by atoms with E-state index in [4.69, 9.17) is 30.9 Å². The molecule has 230 valence electrons. The van der Waals surface area contributed by atoms with Crippen LogP contribution in [0.25, 0.3) is 17.2 Å². The molecule has 3 aromatic rings. The van der Waals surface area contributed by atoms with Crippen LogP contribution in [-0.4, -0.2) is 57.9 Å². The fourth-order valence-electron chi connectivity index (χ4n) is 2.71. The Labute approximate surface area is 238 Å². The number of nitrogen functional groups attached to an aromatic ring is 1. The van der Waals surface area contributed by atoms with E-state index in [1.807, 2.05) is 12.1 Å². The summed E-state index contributed by atoms with van der Waals surface area (Å²) in [7, 11) is 0. The van der Waals surface area contributed by atoms with Crippen molar-refractivity contribution in [1.82, 2.24) is 5.32 Å². The van der Waals surface area contributed by atoms with Gasteiger partial charge in [0.25, 0.3) is 5.91 Å². The van der Waals surface area contributed by atoms with Crippen molar-refractivity contribution in [2.24, 2.45) is 5.73 Å². The van der Waals surface area contributed by atoms with Crippen molar-refractivity contribution >= 4 is 29.8 Å². The predicted octanol–water partition coefficient (Wildman–Crippen LogP) is 3.69. The van der Waals surface area contributed by atoms with E-state index >= 15 is 0 Å². The van der Waals surface area contributed by atoms with Crippen LogP contribution in [0.15, 0.2) is 73.1 Å². The highest BCUT2D eigenvalue weighted by Crippen LogP contribution is 2.20. The molecule has 0 fully saturated rings. The van der Waals surface area contributed by atoms with Gasteiger partial charge in [0.2, 0.25) is 0 Å². The summed E-state index contributed by atoms with van der Waals surface area (Å²) < 4.78 is 64.2. The SMILES string of the molecule is N=C(N)c1ccc(O)c(/C=C/CNC(=O)c2ccc(-c3cc[n+]([O-])cc3)cc2)c1.O=C(O)C(F)(F)F.O=C(O)C(F)(F)F.